The average Bonchev–Trinajstić information content (AvgIpc) is 2.52. The van der Waals surface area contributed by atoms with Gasteiger partial charge in [0.05, 0.1) is 11.3 Å². The van der Waals surface area contributed by atoms with Crippen molar-refractivity contribution < 1.29 is 14.4 Å². The number of hydrogen-bond donors (Lipinski definition) is 0. The first kappa shape index (κ1) is 15.6. The fraction of sp³-hybridized carbons (Fsp3) is 0.400. The summed E-state index contributed by atoms with van der Waals surface area (Å²) in [5.41, 5.74) is 1.35. The van der Waals surface area contributed by atoms with Crippen molar-refractivity contribution >= 4 is 29.4 Å². The van der Waals surface area contributed by atoms with Gasteiger partial charge in [0.1, 0.15) is 0 Å². The van der Waals surface area contributed by atoms with E-state index in [4.69, 9.17) is 4.84 Å². The molecule has 0 N–H and O–H groups in total. The zero-order chi connectivity index (χ0) is 15.2. The lowest BCUT2D eigenvalue weighted by Crippen LogP contribution is -2.37. The van der Waals surface area contributed by atoms with Crippen molar-refractivity contribution in [2.24, 2.45) is 5.16 Å². The van der Waals surface area contributed by atoms with Crippen LogP contribution in [0.2, 0.25) is 0 Å². The number of oxime groups is 1. The summed E-state index contributed by atoms with van der Waals surface area (Å²) in [4.78, 5) is 30.9. The second-order valence-electron chi connectivity index (χ2n) is 4.74. The van der Waals surface area contributed by atoms with Gasteiger partial charge in [-0.25, -0.2) is 4.79 Å². The normalized spacial score (nSPS) is 14.8. The van der Waals surface area contributed by atoms with Crippen LogP contribution in [0.5, 0.6) is 0 Å². The summed E-state index contributed by atoms with van der Waals surface area (Å²) in [6, 6.07) is 7.28. The fourth-order valence-corrected chi connectivity index (χ4v) is 2.73. The number of carbonyl (C=O) groups excluding carboxylic acids is 2. The lowest BCUT2D eigenvalue weighted by molar-refractivity contribution is -0.128. The minimum absolute atomic E-state index is 0.0694. The Kier molecular flexibility index (Phi) is 5.38. The zero-order valence-electron chi connectivity index (χ0n) is 12.2. The molecule has 1 aromatic rings. The van der Waals surface area contributed by atoms with E-state index in [1.54, 1.807) is 24.0 Å². The van der Waals surface area contributed by atoms with E-state index >= 15 is 0 Å². The molecule has 112 valence electrons. The van der Waals surface area contributed by atoms with E-state index in [2.05, 4.69) is 5.16 Å². The molecule has 21 heavy (non-hydrogen) atoms. The van der Waals surface area contributed by atoms with Crippen molar-refractivity contribution in [3.63, 3.8) is 0 Å². The molecule has 1 aromatic carbocycles. The molecule has 1 saturated heterocycles. The first-order valence-electron chi connectivity index (χ1n) is 6.77. The van der Waals surface area contributed by atoms with E-state index in [0.717, 1.165) is 10.6 Å². The zero-order valence-corrected chi connectivity index (χ0v) is 13.0. The lowest BCUT2D eigenvalue weighted by Gasteiger charge is -2.25. The van der Waals surface area contributed by atoms with E-state index in [9.17, 15) is 9.59 Å². The molecule has 1 amide bonds. The van der Waals surface area contributed by atoms with Crippen LogP contribution in [0.1, 0.15) is 30.1 Å². The Morgan fingerprint density at radius 2 is 1.90 bits per heavy atom. The summed E-state index contributed by atoms with van der Waals surface area (Å²) >= 11 is 1.50. The molecule has 0 saturated carbocycles. The predicted molar refractivity (Wildman–Crippen MR) is 82.6 cm³/mol. The molecule has 0 atom stereocenters. The highest BCUT2D eigenvalue weighted by molar-refractivity contribution is 7.98. The van der Waals surface area contributed by atoms with Gasteiger partial charge in [0, 0.05) is 37.8 Å². The van der Waals surface area contributed by atoms with Crippen LogP contribution in [0.4, 0.5) is 0 Å². The average molecular weight is 306 g/mol. The summed E-state index contributed by atoms with van der Waals surface area (Å²) in [7, 11) is 0. The first-order chi connectivity index (χ1) is 10.1. The molecule has 0 unspecified atom stereocenters. The van der Waals surface area contributed by atoms with E-state index < -0.39 is 5.97 Å². The van der Waals surface area contributed by atoms with Gasteiger partial charge in [-0.05, 0) is 18.4 Å². The second kappa shape index (κ2) is 7.26. The van der Waals surface area contributed by atoms with Crippen molar-refractivity contribution in [2.45, 2.75) is 24.7 Å². The van der Waals surface area contributed by atoms with E-state index in [1.165, 1.54) is 11.8 Å². The summed E-state index contributed by atoms with van der Waals surface area (Å²) in [5.74, 6) is -0.374. The highest BCUT2D eigenvalue weighted by atomic mass is 32.2. The topological polar surface area (TPSA) is 59.0 Å². The highest BCUT2D eigenvalue weighted by Crippen LogP contribution is 2.20. The Morgan fingerprint density at radius 3 is 2.52 bits per heavy atom. The summed E-state index contributed by atoms with van der Waals surface area (Å²) in [6.45, 7) is 2.82. The third-order valence-electron chi connectivity index (χ3n) is 3.37. The molecule has 5 nitrogen and oxygen atoms in total. The Morgan fingerprint density at radius 1 is 1.24 bits per heavy atom. The van der Waals surface area contributed by atoms with Crippen molar-refractivity contribution in [3.8, 4) is 0 Å². The Labute approximate surface area is 128 Å². The summed E-state index contributed by atoms with van der Waals surface area (Å²) in [6.07, 6.45) is 3.21. The van der Waals surface area contributed by atoms with Crippen molar-refractivity contribution in [3.05, 3.63) is 29.8 Å². The molecule has 0 aliphatic carbocycles. The van der Waals surface area contributed by atoms with Gasteiger partial charge in [0.25, 0.3) is 0 Å². The molecule has 0 spiro atoms. The van der Waals surface area contributed by atoms with E-state index in [0.29, 0.717) is 31.5 Å². The smallest absolute Gasteiger partial charge is 0.342 e. The highest BCUT2D eigenvalue weighted by Gasteiger charge is 2.18. The van der Waals surface area contributed by atoms with Gasteiger partial charge in [0.2, 0.25) is 5.91 Å². The molecule has 1 fully saturated rings. The third-order valence-corrected chi connectivity index (χ3v) is 4.17. The molecule has 1 heterocycles. The van der Waals surface area contributed by atoms with Crippen LogP contribution in [0.3, 0.4) is 0 Å². The van der Waals surface area contributed by atoms with Gasteiger partial charge in [0.15, 0.2) is 0 Å². The number of thioether (sulfide) groups is 1. The first-order valence-corrected chi connectivity index (χ1v) is 8.00. The lowest BCUT2D eigenvalue weighted by atomic mass is 10.1. The maximum Gasteiger partial charge on any atom is 0.366 e. The number of piperidine rings is 1. The number of nitrogens with zero attached hydrogens (tertiary/aromatic N) is 2. The minimum atomic E-state index is -0.443. The van der Waals surface area contributed by atoms with E-state index in [1.807, 2.05) is 18.4 Å². The quantitative estimate of drug-likeness (QED) is 0.489. The molecular weight excluding hydrogens is 288 g/mol. The Hall–Kier alpha value is -1.82. The van der Waals surface area contributed by atoms with Crippen molar-refractivity contribution in [2.75, 3.05) is 19.3 Å². The van der Waals surface area contributed by atoms with Crippen LogP contribution in [0, 0.1) is 0 Å². The third kappa shape index (κ3) is 4.07. The number of likely N-dealkylation sites (tertiary alicyclic amines) is 1. The monoisotopic (exact) mass is 306 g/mol. The Bertz CT molecular complexity index is 562. The molecule has 0 bridgehead atoms. The predicted octanol–water partition coefficient (Wildman–Crippen LogP) is 2.56. The van der Waals surface area contributed by atoms with Gasteiger partial charge in [-0.1, -0.05) is 17.3 Å². The fourth-order valence-electron chi connectivity index (χ4n) is 2.14. The number of benzene rings is 1. The molecule has 2 rings (SSSR count). The molecule has 1 aliphatic heterocycles. The van der Waals surface area contributed by atoms with Crippen LogP contribution < -0.4 is 0 Å². The Balaban J connectivity index is 1.95. The van der Waals surface area contributed by atoms with Crippen LogP contribution in [-0.4, -0.2) is 41.8 Å². The van der Waals surface area contributed by atoms with Crippen LogP contribution in [-0.2, 0) is 9.63 Å². The van der Waals surface area contributed by atoms with Crippen LogP contribution in [0.25, 0.3) is 0 Å². The van der Waals surface area contributed by atoms with Gasteiger partial charge >= 0.3 is 5.97 Å². The molecule has 0 aromatic heterocycles. The van der Waals surface area contributed by atoms with Gasteiger partial charge < -0.3 is 9.74 Å². The standard InChI is InChI=1S/C15H18N2O3S/c1-11(18)17-9-7-12(8-10-17)16-20-15(19)13-5-3-4-6-14(13)21-2/h3-6H,7-10H2,1-2H3. The molecule has 1 aliphatic rings. The van der Waals surface area contributed by atoms with Crippen molar-refractivity contribution in [1.82, 2.24) is 4.90 Å². The number of rotatable bonds is 3. The maximum atomic E-state index is 12.0. The van der Waals surface area contributed by atoms with Crippen LogP contribution >= 0.6 is 11.8 Å². The minimum Gasteiger partial charge on any atom is -0.342 e. The largest absolute Gasteiger partial charge is 0.366 e. The maximum absolute atomic E-state index is 12.0. The number of carbonyl (C=O) groups is 2. The summed E-state index contributed by atoms with van der Waals surface area (Å²) < 4.78 is 0. The van der Waals surface area contributed by atoms with Gasteiger partial charge in [-0.2, -0.15) is 0 Å². The molecule has 6 heteroatoms. The van der Waals surface area contributed by atoms with Crippen molar-refractivity contribution in [1.29, 1.82) is 0 Å². The number of amides is 1. The second-order valence-corrected chi connectivity index (χ2v) is 5.59. The molecular formula is C15H18N2O3S. The molecule has 0 radical (unpaired) electrons. The summed E-state index contributed by atoms with van der Waals surface area (Å²) in [5, 5.41) is 3.95. The number of hydrogen-bond acceptors (Lipinski definition) is 5. The van der Waals surface area contributed by atoms with Gasteiger partial charge in [-0.3, -0.25) is 4.79 Å². The van der Waals surface area contributed by atoms with Crippen LogP contribution in [0.15, 0.2) is 34.3 Å². The SMILES string of the molecule is CSc1ccccc1C(=O)ON=C1CCN(C(C)=O)CC1. The van der Waals surface area contributed by atoms with E-state index in [-0.39, 0.29) is 5.91 Å². The van der Waals surface area contributed by atoms with Gasteiger partial charge in [-0.15, -0.1) is 11.8 Å².